The van der Waals surface area contributed by atoms with E-state index in [1.807, 2.05) is 26.1 Å². The van der Waals surface area contributed by atoms with Crippen LogP contribution in [0.15, 0.2) is 24.5 Å². The van der Waals surface area contributed by atoms with Gasteiger partial charge in [-0.15, -0.1) is 0 Å². The normalized spacial score (nSPS) is 19.2. The second-order valence-electron chi connectivity index (χ2n) is 9.40. The van der Waals surface area contributed by atoms with Crippen molar-refractivity contribution in [3.63, 3.8) is 0 Å². The molecule has 0 saturated carbocycles. The molecule has 1 aliphatic carbocycles. The second-order valence-corrected chi connectivity index (χ2v) is 9.77. The number of aliphatic hydroxyl groups excluding tert-OH is 1. The van der Waals surface area contributed by atoms with E-state index in [9.17, 15) is 5.11 Å². The summed E-state index contributed by atoms with van der Waals surface area (Å²) >= 11 is 6.49. The fraction of sp³-hybridized carbons (Fsp3) is 0.440. The summed E-state index contributed by atoms with van der Waals surface area (Å²) in [6, 6.07) is 4.04. The topological polar surface area (TPSA) is 101 Å². The lowest BCUT2D eigenvalue weighted by Crippen LogP contribution is -2.45. The van der Waals surface area contributed by atoms with Crippen LogP contribution in [0.25, 0.3) is 11.3 Å². The predicted octanol–water partition coefficient (Wildman–Crippen LogP) is 3.85. The number of rotatable bonds is 3. The maximum absolute atomic E-state index is 10.1. The van der Waals surface area contributed by atoms with Gasteiger partial charge in [-0.25, -0.2) is 9.97 Å². The Morgan fingerprint density at radius 3 is 2.64 bits per heavy atom. The number of fused-ring (bicyclic) bond motifs is 1. The monoisotopic (exact) mass is 464 g/mol. The molecule has 0 amide bonds. The Morgan fingerprint density at radius 2 is 1.91 bits per heavy atom. The molecule has 1 fully saturated rings. The van der Waals surface area contributed by atoms with Crippen molar-refractivity contribution in [2.75, 3.05) is 18.0 Å². The van der Waals surface area contributed by atoms with E-state index in [1.54, 1.807) is 6.20 Å². The number of anilines is 1. The molecule has 1 spiro atoms. The van der Waals surface area contributed by atoms with E-state index in [-0.39, 0.29) is 18.1 Å². The molecule has 3 N–H and O–H groups in total. The molecule has 1 atom stereocenters. The van der Waals surface area contributed by atoms with Gasteiger partial charge < -0.3 is 15.7 Å². The van der Waals surface area contributed by atoms with Crippen molar-refractivity contribution in [1.29, 1.82) is 0 Å². The Labute approximate surface area is 199 Å². The van der Waals surface area contributed by atoms with Crippen molar-refractivity contribution in [2.45, 2.75) is 52.7 Å². The first-order valence-electron chi connectivity index (χ1n) is 11.4. The largest absolute Gasteiger partial charge is 0.390 e. The summed E-state index contributed by atoms with van der Waals surface area (Å²) in [6.45, 7) is 7.30. The molecule has 8 heteroatoms. The highest BCUT2D eigenvalue weighted by molar-refractivity contribution is 6.33. The summed E-state index contributed by atoms with van der Waals surface area (Å²) in [5.74, 6) is 0.744. The molecule has 1 aliphatic heterocycles. The number of aliphatic hydroxyl groups is 1. The van der Waals surface area contributed by atoms with E-state index >= 15 is 0 Å². The first kappa shape index (κ1) is 22.2. The van der Waals surface area contributed by atoms with Gasteiger partial charge in [0, 0.05) is 42.8 Å². The molecular formula is C25H29ClN6O. The van der Waals surface area contributed by atoms with E-state index in [1.165, 1.54) is 5.56 Å². The van der Waals surface area contributed by atoms with Crippen LogP contribution in [0, 0.1) is 26.2 Å². The molecule has 5 rings (SSSR count). The number of pyridine rings is 2. The summed E-state index contributed by atoms with van der Waals surface area (Å²) in [5, 5.41) is 10.7. The van der Waals surface area contributed by atoms with Crippen molar-refractivity contribution in [2.24, 2.45) is 11.1 Å². The van der Waals surface area contributed by atoms with Gasteiger partial charge in [0.05, 0.1) is 28.7 Å². The van der Waals surface area contributed by atoms with Gasteiger partial charge >= 0.3 is 0 Å². The van der Waals surface area contributed by atoms with E-state index in [0.29, 0.717) is 16.4 Å². The van der Waals surface area contributed by atoms with Crippen LogP contribution in [0.2, 0.25) is 5.02 Å². The van der Waals surface area contributed by atoms with Gasteiger partial charge in [-0.1, -0.05) is 17.7 Å². The maximum Gasteiger partial charge on any atom is 0.153 e. The van der Waals surface area contributed by atoms with Gasteiger partial charge in [0.25, 0.3) is 0 Å². The highest BCUT2D eigenvalue weighted by Crippen LogP contribution is 2.50. The molecule has 0 aromatic carbocycles. The lowest BCUT2D eigenvalue weighted by atomic mass is 9.73. The average Bonchev–Trinajstić information content (AvgIpc) is 3.07. The molecule has 3 aromatic rings. The molecule has 1 saturated heterocycles. The predicted molar refractivity (Wildman–Crippen MR) is 129 cm³/mol. The Balaban J connectivity index is 1.41. The number of halogens is 1. The van der Waals surface area contributed by atoms with Gasteiger partial charge in [-0.05, 0) is 62.6 Å². The lowest BCUT2D eigenvalue weighted by molar-refractivity contribution is 0.186. The number of nitrogens with two attached hydrogens (primary N) is 1. The van der Waals surface area contributed by atoms with E-state index in [4.69, 9.17) is 27.3 Å². The standard InChI is InChI=1S/C25H29ClN6O/c1-14-10-18-19(29-12-14)11-25(23(18)27)5-8-32(9-6-25)24-20(13-33)31-22(16(3)30-24)17-4-7-28-15(2)21(17)26/h4,7,10,12,23,33H,5-6,8-9,11,13,27H2,1-3H3/t23-/m1/s1. The highest BCUT2D eigenvalue weighted by atomic mass is 35.5. The second kappa shape index (κ2) is 8.31. The Bertz CT molecular complexity index is 1220. The van der Waals surface area contributed by atoms with Crippen LogP contribution in [-0.2, 0) is 13.0 Å². The van der Waals surface area contributed by atoms with Gasteiger partial charge in [0.15, 0.2) is 5.82 Å². The minimum absolute atomic E-state index is 0.00614. The fourth-order valence-corrected chi connectivity index (χ4v) is 5.55. The Hall–Kier alpha value is -2.61. The summed E-state index contributed by atoms with van der Waals surface area (Å²) in [4.78, 5) is 20.8. The minimum Gasteiger partial charge on any atom is -0.390 e. The Morgan fingerprint density at radius 1 is 1.15 bits per heavy atom. The molecule has 33 heavy (non-hydrogen) atoms. The summed E-state index contributed by atoms with van der Waals surface area (Å²) in [5.41, 5.74) is 13.8. The Kier molecular flexibility index (Phi) is 5.59. The molecule has 0 unspecified atom stereocenters. The molecule has 3 aromatic heterocycles. The van der Waals surface area contributed by atoms with Crippen molar-refractivity contribution in [3.05, 3.63) is 63.5 Å². The third-order valence-corrected chi connectivity index (χ3v) is 7.78. The third kappa shape index (κ3) is 3.68. The molecule has 7 nitrogen and oxygen atoms in total. The van der Waals surface area contributed by atoms with Crippen molar-refractivity contribution < 1.29 is 5.11 Å². The molecule has 4 heterocycles. The van der Waals surface area contributed by atoms with Crippen molar-refractivity contribution in [1.82, 2.24) is 19.9 Å². The van der Waals surface area contributed by atoms with Gasteiger partial charge in [0.1, 0.15) is 5.69 Å². The molecule has 2 aliphatic rings. The van der Waals surface area contributed by atoms with Crippen LogP contribution >= 0.6 is 11.6 Å². The molecular weight excluding hydrogens is 436 g/mol. The zero-order valence-electron chi connectivity index (χ0n) is 19.3. The molecule has 0 bridgehead atoms. The van der Waals surface area contributed by atoms with Crippen LogP contribution in [0.4, 0.5) is 5.82 Å². The van der Waals surface area contributed by atoms with Crippen molar-refractivity contribution >= 4 is 17.4 Å². The maximum atomic E-state index is 10.1. The number of piperidine rings is 1. The third-order valence-electron chi connectivity index (χ3n) is 7.30. The van der Waals surface area contributed by atoms with Crippen LogP contribution in [0.5, 0.6) is 0 Å². The minimum atomic E-state index is -0.187. The van der Waals surface area contributed by atoms with E-state index in [2.05, 4.69) is 27.9 Å². The van der Waals surface area contributed by atoms with Crippen LogP contribution in [0.3, 0.4) is 0 Å². The zero-order valence-corrected chi connectivity index (χ0v) is 20.0. The van der Waals surface area contributed by atoms with Crippen LogP contribution in [-0.4, -0.2) is 38.1 Å². The van der Waals surface area contributed by atoms with Gasteiger partial charge in [0.2, 0.25) is 0 Å². The van der Waals surface area contributed by atoms with Crippen LogP contribution < -0.4 is 10.6 Å². The highest BCUT2D eigenvalue weighted by Gasteiger charge is 2.47. The van der Waals surface area contributed by atoms with Gasteiger partial charge in [-0.3, -0.25) is 9.97 Å². The fourth-order valence-electron chi connectivity index (χ4n) is 5.35. The first-order chi connectivity index (χ1) is 15.8. The number of hydrogen-bond acceptors (Lipinski definition) is 7. The van der Waals surface area contributed by atoms with E-state index in [0.717, 1.165) is 66.4 Å². The van der Waals surface area contributed by atoms with Crippen LogP contribution in [0.1, 0.15) is 52.8 Å². The average molecular weight is 465 g/mol. The SMILES string of the molecule is Cc1cnc2c(c1)[C@@H](N)C1(CCN(c3nc(C)c(-c4ccnc(C)c4Cl)nc3CO)CC1)C2. The smallest absolute Gasteiger partial charge is 0.153 e. The first-order valence-corrected chi connectivity index (χ1v) is 11.8. The zero-order chi connectivity index (χ0) is 23.3. The lowest BCUT2D eigenvalue weighted by Gasteiger charge is -2.42. The summed E-state index contributed by atoms with van der Waals surface area (Å²) in [6.07, 6.45) is 6.48. The molecule has 0 radical (unpaired) electrons. The quantitative estimate of drug-likeness (QED) is 0.607. The number of aromatic nitrogens is 4. The number of nitrogens with zero attached hydrogens (tertiary/aromatic N) is 5. The van der Waals surface area contributed by atoms with Crippen molar-refractivity contribution in [3.8, 4) is 11.3 Å². The van der Waals surface area contributed by atoms with Gasteiger partial charge in [-0.2, -0.15) is 0 Å². The number of hydrogen-bond donors (Lipinski definition) is 2. The summed E-state index contributed by atoms with van der Waals surface area (Å²) in [7, 11) is 0. The molecule has 172 valence electrons. The number of aryl methyl sites for hydroxylation is 3. The van der Waals surface area contributed by atoms with E-state index < -0.39 is 0 Å². The summed E-state index contributed by atoms with van der Waals surface area (Å²) < 4.78 is 0.